The van der Waals surface area contributed by atoms with Crippen LogP contribution in [0.15, 0.2) is 0 Å². The normalized spacial score (nSPS) is 4.80. The molecule has 5 heavy (non-hydrogen) atoms. The van der Waals surface area contributed by atoms with Gasteiger partial charge in [-0.15, -0.1) is 0 Å². The topological polar surface area (TPSA) is 66.9 Å². The van der Waals surface area contributed by atoms with Gasteiger partial charge in [-0.1, -0.05) is 0 Å². The molecular weight excluding hydrogens is 251 g/mol. The van der Waals surface area contributed by atoms with Gasteiger partial charge in [0.05, 0.1) is 0 Å². The minimum atomic E-state index is -1.08. The second-order valence-electron chi connectivity index (χ2n) is 0.364. The number of nitrogens with one attached hydrogen (secondary N) is 1. The first kappa shape index (κ1) is 8.88. The van der Waals surface area contributed by atoms with E-state index in [1.54, 1.807) is 0 Å². The molecular formula is CH4N2OPt. The minimum absolute atomic E-state index is 0. The number of hydrogen-bond donors (Lipinski definition) is 1. The third-order valence-corrected chi connectivity index (χ3v) is 0. The number of carbonyl (C=O) groups excluding carboxylic acids is 1. The summed E-state index contributed by atoms with van der Waals surface area (Å²) in [6.07, 6.45) is 0. The second kappa shape index (κ2) is 3.96. The zero-order valence-corrected chi connectivity index (χ0v) is 4.71. The van der Waals surface area contributed by atoms with Crippen LogP contribution < -0.4 is 5.73 Å². The molecule has 0 aromatic heterocycles. The van der Waals surface area contributed by atoms with Crippen molar-refractivity contribution in [2.75, 3.05) is 0 Å². The Bertz CT molecular complexity index is 32.6. The molecule has 2 amide bonds. The standard InChI is InChI=1S/CH4N2O.Pt.H/c2-1(3)4;;/h(H4,2,3,4);;/q;+1;/p-1. The third-order valence-electron chi connectivity index (χ3n) is 0. The Kier molecular flexibility index (Phi) is 7.03. The summed E-state index contributed by atoms with van der Waals surface area (Å²) >= 11 is 0. The van der Waals surface area contributed by atoms with Crippen molar-refractivity contribution >= 4 is 6.03 Å². The second-order valence-corrected chi connectivity index (χ2v) is 0.364. The van der Waals surface area contributed by atoms with Gasteiger partial charge in [-0.25, -0.2) is 0 Å². The van der Waals surface area contributed by atoms with E-state index >= 15 is 0 Å². The Hall–Kier alpha value is -0.0417. The van der Waals surface area contributed by atoms with Gasteiger partial charge in [0, 0.05) is 0 Å². The Balaban J connectivity index is 0. The molecule has 3 nitrogen and oxygen atoms in total. The van der Waals surface area contributed by atoms with Crippen LogP contribution in [0.5, 0.6) is 0 Å². The summed E-state index contributed by atoms with van der Waals surface area (Å²) in [5.74, 6) is 0. The van der Waals surface area contributed by atoms with Crippen molar-refractivity contribution in [3.05, 3.63) is 5.73 Å². The fraction of sp³-hybridized carbons (Fsp3) is 0. The molecule has 0 aliphatic heterocycles. The SMILES string of the molecule is [NH-]C(N)=O.[PtH+]. The zero-order valence-electron chi connectivity index (χ0n) is 2.32. The zero-order chi connectivity index (χ0) is 3.58. The molecule has 0 aliphatic carbocycles. The van der Waals surface area contributed by atoms with E-state index in [-0.39, 0.29) is 21.1 Å². The summed E-state index contributed by atoms with van der Waals surface area (Å²) in [4.78, 5) is 8.89. The Morgan fingerprint density at radius 3 is 1.80 bits per heavy atom. The van der Waals surface area contributed by atoms with Crippen molar-refractivity contribution in [3.63, 3.8) is 0 Å². The van der Waals surface area contributed by atoms with E-state index < -0.39 is 6.03 Å². The van der Waals surface area contributed by atoms with Crippen LogP contribution in [0.3, 0.4) is 0 Å². The van der Waals surface area contributed by atoms with Crippen LogP contribution in [0, 0.1) is 0 Å². The van der Waals surface area contributed by atoms with Crippen LogP contribution >= 0.6 is 0 Å². The molecule has 0 saturated carbocycles. The van der Waals surface area contributed by atoms with Crippen LogP contribution in [-0.2, 0) is 21.1 Å². The van der Waals surface area contributed by atoms with Gasteiger partial charge in [0.25, 0.3) is 0 Å². The van der Waals surface area contributed by atoms with Crippen molar-refractivity contribution in [2.45, 2.75) is 0 Å². The third kappa shape index (κ3) is 8730. The summed E-state index contributed by atoms with van der Waals surface area (Å²) in [7, 11) is 0. The van der Waals surface area contributed by atoms with Crippen molar-refractivity contribution in [1.82, 2.24) is 0 Å². The quantitative estimate of drug-likeness (QED) is 0.642. The van der Waals surface area contributed by atoms with Gasteiger partial charge in [-0.3, -0.25) is 4.79 Å². The van der Waals surface area contributed by atoms with E-state index in [2.05, 4.69) is 5.73 Å². The Morgan fingerprint density at radius 1 is 1.80 bits per heavy atom. The average molecular weight is 255 g/mol. The van der Waals surface area contributed by atoms with Gasteiger partial charge in [0.1, 0.15) is 6.03 Å². The van der Waals surface area contributed by atoms with Gasteiger partial charge in [-0.05, 0) is 0 Å². The Labute approximate surface area is 44.0 Å². The molecule has 0 aliphatic rings. The van der Waals surface area contributed by atoms with Crippen LogP contribution in [0.1, 0.15) is 0 Å². The molecule has 0 bridgehead atoms. The van der Waals surface area contributed by atoms with Gasteiger partial charge >= 0.3 is 21.1 Å². The van der Waals surface area contributed by atoms with E-state index in [4.69, 9.17) is 10.5 Å². The molecule has 0 spiro atoms. The molecule has 0 aromatic rings. The van der Waals surface area contributed by atoms with Crippen LogP contribution in [0.25, 0.3) is 5.73 Å². The van der Waals surface area contributed by atoms with E-state index in [9.17, 15) is 0 Å². The number of hydrogen-bond acceptors (Lipinski definition) is 1. The number of urea groups is 1. The maximum atomic E-state index is 8.89. The van der Waals surface area contributed by atoms with E-state index in [1.165, 1.54) is 0 Å². The van der Waals surface area contributed by atoms with Gasteiger partial charge < -0.3 is 11.5 Å². The molecule has 0 aromatic carbocycles. The first-order valence-corrected chi connectivity index (χ1v) is 0.743. The van der Waals surface area contributed by atoms with Crippen molar-refractivity contribution in [2.24, 2.45) is 5.73 Å². The molecule has 0 heterocycles. The van der Waals surface area contributed by atoms with Crippen LogP contribution in [-0.4, -0.2) is 6.03 Å². The number of carbonyl (C=O) groups is 1. The number of amides is 2. The first-order chi connectivity index (χ1) is 1.73. The van der Waals surface area contributed by atoms with Crippen LogP contribution in [0.2, 0.25) is 0 Å². The van der Waals surface area contributed by atoms with Gasteiger partial charge in [0.2, 0.25) is 0 Å². The summed E-state index contributed by atoms with van der Waals surface area (Å²) < 4.78 is 0. The molecule has 0 saturated heterocycles. The van der Waals surface area contributed by atoms with Gasteiger partial charge in [-0.2, -0.15) is 0 Å². The average Bonchev–Trinajstić information content (AvgIpc) is 0.811. The molecule has 1 radical (unpaired) electrons. The molecule has 0 atom stereocenters. The molecule has 0 unspecified atom stereocenters. The fourth-order valence-electron chi connectivity index (χ4n) is 0. The molecule has 0 rings (SSSR count). The maximum absolute atomic E-state index is 8.89. The van der Waals surface area contributed by atoms with E-state index in [1.807, 2.05) is 0 Å². The van der Waals surface area contributed by atoms with E-state index in [0.717, 1.165) is 0 Å². The van der Waals surface area contributed by atoms with Crippen molar-refractivity contribution in [3.8, 4) is 0 Å². The monoisotopic (exact) mass is 255 g/mol. The van der Waals surface area contributed by atoms with Crippen molar-refractivity contribution < 1.29 is 25.9 Å². The number of nitrogens with two attached hydrogens (primary N) is 1. The molecule has 0 fully saturated rings. The first-order valence-electron chi connectivity index (χ1n) is 0.743. The fourth-order valence-corrected chi connectivity index (χ4v) is 0. The summed E-state index contributed by atoms with van der Waals surface area (Å²) in [5.41, 5.74) is 9.86. The summed E-state index contributed by atoms with van der Waals surface area (Å²) in [5, 5.41) is 0. The summed E-state index contributed by atoms with van der Waals surface area (Å²) in [6, 6.07) is -1.08. The van der Waals surface area contributed by atoms with Crippen molar-refractivity contribution in [1.29, 1.82) is 0 Å². The summed E-state index contributed by atoms with van der Waals surface area (Å²) in [6.45, 7) is 0. The molecule has 4 heteroatoms. The Morgan fingerprint density at radius 2 is 1.80 bits per heavy atom. The molecule has 3 N–H and O–H groups in total. The predicted octanol–water partition coefficient (Wildman–Crippen LogP) is -0.153. The molecule has 34 valence electrons. The van der Waals surface area contributed by atoms with Crippen LogP contribution in [0.4, 0.5) is 4.79 Å². The predicted molar refractivity (Wildman–Crippen MR) is 15.3 cm³/mol. The number of rotatable bonds is 0. The number of primary amides is 1. The van der Waals surface area contributed by atoms with Gasteiger partial charge in [0.15, 0.2) is 0 Å². The van der Waals surface area contributed by atoms with E-state index in [0.29, 0.717) is 0 Å².